The molecule has 0 radical (unpaired) electrons. The van der Waals surface area contributed by atoms with Crippen molar-refractivity contribution in [2.24, 2.45) is 0 Å². The average Bonchev–Trinajstić information content (AvgIpc) is 2.69. The lowest BCUT2D eigenvalue weighted by Crippen LogP contribution is -2.30. The fourth-order valence-electron chi connectivity index (χ4n) is 2.49. The van der Waals surface area contributed by atoms with E-state index in [1.807, 2.05) is 19.1 Å². The molecule has 5 heteroatoms. The van der Waals surface area contributed by atoms with Crippen molar-refractivity contribution in [3.05, 3.63) is 40.3 Å². The van der Waals surface area contributed by atoms with Crippen LogP contribution in [-0.4, -0.2) is 35.6 Å². The minimum Gasteiger partial charge on any atom is -0.355 e. The average molecular weight is 258 g/mol. The predicted octanol–water partition coefficient (Wildman–Crippen LogP) is 0.803. The van der Waals surface area contributed by atoms with Gasteiger partial charge < -0.3 is 10.2 Å². The second kappa shape index (κ2) is 5.01. The van der Waals surface area contributed by atoms with E-state index in [4.69, 9.17) is 0 Å². The Morgan fingerprint density at radius 2 is 2.21 bits per heavy atom. The maximum absolute atomic E-state index is 12.2. The second-order valence-corrected chi connectivity index (χ2v) is 4.93. The zero-order chi connectivity index (χ0) is 13.2. The largest absolute Gasteiger partial charge is 0.355 e. The smallest absolute Gasteiger partial charge is 0.259 e. The van der Waals surface area contributed by atoms with Gasteiger partial charge in [-0.3, -0.25) is 9.20 Å². The first-order valence-electron chi connectivity index (χ1n) is 6.70. The molecule has 5 nitrogen and oxygen atoms in total. The number of anilines is 1. The molecule has 0 amide bonds. The molecule has 1 aliphatic heterocycles. The Labute approximate surface area is 111 Å². The van der Waals surface area contributed by atoms with Gasteiger partial charge in [0.1, 0.15) is 11.5 Å². The summed E-state index contributed by atoms with van der Waals surface area (Å²) >= 11 is 0. The number of nitrogens with one attached hydrogen (secondary N) is 1. The summed E-state index contributed by atoms with van der Waals surface area (Å²) in [5, 5.41) is 3.36. The van der Waals surface area contributed by atoms with Crippen molar-refractivity contribution in [1.29, 1.82) is 0 Å². The summed E-state index contributed by atoms with van der Waals surface area (Å²) in [6.45, 7) is 5.79. The zero-order valence-electron chi connectivity index (χ0n) is 11.1. The van der Waals surface area contributed by atoms with Gasteiger partial charge >= 0.3 is 0 Å². The number of fused-ring (bicyclic) bond motifs is 1. The summed E-state index contributed by atoms with van der Waals surface area (Å²) in [5.74, 6) is 0.794. The van der Waals surface area contributed by atoms with E-state index in [-0.39, 0.29) is 5.56 Å². The quantitative estimate of drug-likeness (QED) is 0.822. The molecule has 2 aromatic rings. The monoisotopic (exact) mass is 258 g/mol. The van der Waals surface area contributed by atoms with Gasteiger partial charge in [-0.15, -0.1) is 0 Å². The molecule has 0 bridgehead atoms. The lowest BCUT2D eigenvalue weighted by Gasteiger charge is -2.21. The molecule has 0 aliphatic carbocycles. The predicted molar refractivity (Wildman–Crippen MR) is 75.9 cm³/mol. The Bertz CT molecular complexity index is 641. The third-order valence-electron chi connectivity index (χ3n) is 3.54. The van der Waals surface area contributed by atoms with Crippen LogP contribution in [0.4, 0.5) is 5.82 Å². The van der Waals surface area contributed by atoms with E-state index in [1.165, 1.54) is 0 Å². The third-order valence-corrected chi connectivity index (χ3v) is 3.54. The molecule has 0 spiro atoms. The van der Waals surface area contributed by atoms with Crippen molar-refractivity contribution >= 4 is 11.5 Å². The highest BCUT2D eigenvalue weighted by Gasteiger charge is 2.13. The van der Waals surface area contributed by atoms with Gasteiger partial charge in [-0.05, 0) is 31.5 Å². The molecule has 0 aromatic carbocycles. The Morgan fingerprint density at radius 1 is 1.32 bits per heavy atom. The zero-order valence-corrected chi connectivity index (χ0v) is 11.1. The van der Waals surface area contributed by atoms with Crippen LogP contribution in [-0.2, 0) is 0 Å². The highest BCUT2D eigenvalue weighted by atomic mass is 16.1. The molecular weight excluding hydrogens is 240 g/mol. The van der Waals surface area contributed by atoms with Crippen LogP contribution in [0.5, 0.6) is 0 Å². The highest BCUT2D eigenvalue weighted by Crippen LogP contribution is 2.13. The summed E-state index contributed by atoms with van der Waals surface area (Å²) in [5.41, 5.74) is 1.76. The van der Waals surface area contributed by atoms with Crippen molar-refractivity contribution in [3.8, 4) is 0 Å². The van der Waals surface area contributed by atoms with E-state index in [9.17, 15) is 4.79 Å². The molecule has 1 fully saturated rings. The number of pyridine rings is 1. The first-order chi connectivity index (χ1) is 9.25. The summed E-state index contributed by atoms with van der Waals surface area (Å²) < 4.78 is 1.61. The van der Waals surface area contributed by atoms with Crippen molar-refractivity contribution in [3.63, 3.8) is 0 Å². The molecule has 1 saturated heterocycles. The second-order valence-electron chi connectivity index (χ2n) is 4.93. The van der Waals surface area contributed by atoms with Crippen LogP contribution in [0.25, 0.3) is 5.65 Å². The molecule has 100 valence electrons. The fourth-order valence-corrected chi connectivity index (χ4v) is 2.49. The maximum atomic E-state index is 12.2. The lowest BCUT2D eigenvalue weighted by atomic mass is 10.3. The van der Waals surface area contributed by atoms with Crippen LogP contribution in [0.1, 0.15) is 12.0 Å². The molecule has 3 rings (SSSR count). The number of hydrogen-bond acceptors (Lipinski definition) is 4. The van der Waals surface area contributed by atoms with E-state index in [1.54, 1.807) is 16.7 Å². The molecule has 2 aromatic heterocycles. The van der Waals surface area contributed by atoms with Crippen LogP contribution >= 0.6 is 0 Å². The molecule has 1 aliphatic rings. The Kier molecular flexibility index (Phi) is 3.21. The van der Waals surface area contributed by atoms with Crippen LogP contribution in [0.2, 0.25) is 0 Å². The molecule has 0 unspecified atom stereocenters. The van der Waals surface area contributed by atoms with E-state index in [2.05, 4.69) is 15.2 Å². The minimum atomic E-state index is -0.0130. The van der Waals surface area contributed by atoms with Gasteiger partial charge in [0.2, 0.25) is 0 Å². The van der Waals surface area contributed by atoms with Crippen molar-refractivity contribution in [2.45, 2.75) is 13.3 Å². The van der Waals surface area contributed by atoms with Gasteiger partial charge in [0, 0.05) is 31.9 Å². The van der Waals surface area contributed by atoms with Crippen LogP contribution in [0.15, 0.2) is 29.2 Å². The van der Waals surface area contributed by atoms with Gasteiger partial charge in [0.15, 0.2) is 0 Å². The lowest BCUT2D eigenvalue weighted by molar-refractivity contribution is 0.724. The number of aryl methyl sites for hydroxylation is 1. The minimum absolute atomic E-state index is 0.0130. The van der Waals surface area contributed by atoms with E-state index in [0.717, 1.165) is 49.6 Å². The third kappa shape index (κ3) is 2.33. The van der Waals surface area contributed by atoms with Crippen LogP contribution in [0.3, 0.4) is 0 Å². The summed E-state index contributed by atoms with van der Waals surface area (Å²) in [6.07, 6.45) is 2.85. The van der Waals surface area contributed by atoms with E-state index >= 15 is 0 Å². The number of aromatic nitrogens is 2. The first kappa shape index (κ1) is 12.2. The van der Waals surface area contributed by atoms with Gasteiger partial charge in [0.05, 0.1) is 0 Å². The number of rotatable bonds is 1. The van der Waals surface area contributed by atoms with Crippen molar-refractivity contribution < 1.29 is 0 Å². The van der Waals surface area contributed by atoms with Gasteiger partial charge in [-0.1, -0.05) is 6.07 Å². The fraction of sp³-hybridized carbons (Fsp3) is 0.429. The molecule has 0 saturated carbocycles. The van der Waals surface area contributed by atoms with Gasteiger partial charge in [0.25, 0.3) is 5.56 Å². The Morgan fingerprint density at radius 3 is 3.11 bits per heavy atom. The summed E-state index contributed by atoms with van der Waals surface area (Å²) in [6, 6.07) is 5.49. The highest BCUT2D eigenvalue weighted by molar-refractivity contribution is 5.52. The summed E-state index contributed by atoms with van der Waals surface area (Å²) in [7, 11) is 0. The molecule has 3 heterocycles. The van der Waals surface area contributed by atoms with E-state index in [0.29, 0.717) is 0 Å². The standard InChI is InChI=1S/C14H18N4O/c1-11-4-2-8-18-13(19)10-12(16-14(11)18)17-7-3-5-15-6-9-17/h2,4,8,10,15H,3,5-7,9H2,1H3. The topological polar surface area (TPSA) is 49.6 Å². The molecule has 0 atom stereocenters. The van der Waals surface area contributed by atoms with Gasteiger partial charge in [-0.25, -0.2) is 4.98 Å². The van der Waals surface area contributed by atoms with Crippen LogP contribution < -0.4 is 15.8 Å². The molecular formula is C14H18N4O. The van der Waals surface area contributed by atoms with Crippen molar-refractivity contribution in [1.82, 2.24) is 14.7 Å². The van der Waals surface area contributed by atoms with Crippen molar-refractivity contribution in [2.75, 3.05) is 31.1 Å². The van der Waals surface area contributed by atoms with Gasteiger partial charge in [-0.2, -0.15) is 0 Å². The molecule has 1 N–H and O–H groups in total. The maximum Gasteiger partial charge on any atom is 0.259 e. The SMILES string of the molecule is Cc1cccn2c(=O)cc(N3CCCNCC3)nc12. The van der Waals surface area contributed by atoms with E-state index < -0.39 is 0 Å². The summed E-state index contributed by atoms with van der Waals surface area (Å²) in [4.78, 5) is 19.0. The Hall–Kier alpha value is -1.88. The number of hydrogen-bond donors (Lipinski definition) is 1. The van der Waals surface area contributed by atoms with Crippen LogP contribution in [0, 0.1) is 6.92 Å². The number of nitrogens with zero attached hydrogens (tertiary/aromatic N) is 3. The Balaban J connectivity index is 2.09. The normalized spacial score (nSPS) is 16.6. The molecule has 19 heavy (non-hydrogen) atoms. The first-order valence-corrected chi connectivity index (χ1v) is 6.70.